The summed E-state index contributed by atoms with van der Waals surface area (Å²) in [5.74, 6) is -1.99. The molecule has 20 heavy (non-hydrogen) atoms. The Hall–Kier alpha value is -1.06. The van der Waals surface area contributed by atoms with Gasteiger partial charge in [0.05, 0.1) is 11.8 Å². The summed E-state index contributed by atoms with van der Waals surface area (Å²) in [6.07, 6.45) is 1.17. The summed E-state index contributed by atoms with van der Waals surface area (Å²) >= 11 is 0. The van der Waals surface area contributed by atoms with E-state index in [1.807, 2.05) is 48.5 Å². The Kier molecular flexibility index (Phi) is 5.82. The lowest BCUT2D eigenvalue weighted by molar-refractivity contribution is -0.184. The van der Waals surface area contributed by atoms with Gasteiger partial charge in [0.1, 0.15) is 0 Å². The molecule has 0 saturated carbocycles. The SMILES string of the molecule is CCCC(C)(C)C(CC(=O)O)(C(=O)O)C(C)(C)C(C)C. The number of carboxylic acid groups (broad SMARTS) is 2. The van der Waals surface area contributed by atoms with E-state index in [1.54, 1.807) is 0 Å². The van der Waals surface area contributed by atoms with Gasteiger partial charge >= 0.3 is 11.9 Å². The molecular weight excluding hydrogens is 256 g/mol. The summed E-state index contributed by atoms with van der Waals surface area (Å²) < 4.78 is 0. The molecular formula is C16H30O4. The number of carboxylic acids is 2. The second kappa shape index (κ2) is 6.15. The number of hydrogen-bond acceptors (Lipinski definition) is 2. The second-order valence-electron chi connectivity index (χ2n) is 7.29. The highest BCUT2D eigenvalue weighted by Crippen LogP contribution is 2.59. The van der Waals surface area contributed by atoms with Gasteiger partial charge in [-0.25, -0.2) is 0 Å². The molecule has 0 aliphatic rings. The molecule has 0 amide bonds. The fourth-order valence-corrected chi connectivity index (χ4v) is 3.54. The average molecular weight is 286 g/mol. The molecule has 118 valence electrons. The highest BCUT2D eigenvalue weighted by Gasteiger charge is 2.61. The van der Waals surface area contributed by atoms with Crippen molar-refractivity contribution in [2.24, 2.45) is 22.2 Å². The minimum Gasteiger partial charge on any atom is -0.481 e. The second-order valence-corrected chi connectivity index (χ2v) is 7.29. The summed E-state index contributed by atoms with van der Waals surface area (Å²) in [6, 6.07) is 0. The minimum atomic E-state index is -1.30. The van der Waals surface area contributed by atoms with Crippen molar-refractivity contribution >= 4 is 11.9 Å². The van der Waals surface area contributed by atoms with Gasteiger partial charge in [0.25, 0.3) is 0 Å². The van der Waals surface area contributed by atoms with Crippen molar-refractivity contribution in [3.8, 4) is 0 Å². The Morgan fingerprint density at radius 1 is 1.05 bits per heavy atom. The third-order valence-corrected chi connectivity index (χ3v) is 5.36. The number of aliphatic carboxylic acids is 2. The Bertz CT molecular complexity index is 369. The van der Waals surface area contributed by atoms with Crippen LogP contribution in [0.5, 0.6) is 0 Å². The van der Waals surface area contributed by atoms with Crippen LogP contribution in [0.3, 0.4) is 0 Å². The van der Waals surface area contributed by atoms with Crippen molar-refractivity contribution in [2.45, 2.75) is 67.7 Å². The molecule has 0 spiro atoms. The fourth-order valence-electron chi connectivity index (χ4n) is 3.54. The minimum absolute atomic E-state index is 0.0640. The average Bonchev–Trinajstić information content (AvgIpc) is 2.23. The quantitative estimate of drug-likeness (QED) is 0.706. The summed E-state index contributed by atoms with van der Waals surface area (Å²) in [5.41, 5.74) is -2.52. The van der Waals surface area contributed by atoms with Gasteiger partial charge in [-0.1, -0.05) is 54.9 Å². The third kappa shape index (κ3) is 2.99. The predicted molar refractivity (Wildman–Crippen MR) is 79.6 cm³/mol. The zero-order chi connectivity index (χ0) is 16.4. The molecule has 4 heteroatoms. The van der Waals surface area contributed by atoms with Gasteiger partial charge in [0.15, 0.2) is 0 Å². The highest BCUT2D eigenvalue weighted by molar-refractivity contribution is 5.83. The van der Waals surface area contributed by atoms with Crippen LogP contribution in [0.25, 0.3) is 0 Å². The van der Waals surface area contributed by atoms with E-state index in [0.29, 0.717) is 6.42 Å². The van der Waals surface area contributed by atoms with E-state index in [-0.39, 0.29) is 12.3 Å². The van der Waals surface area contributed by atoms with Crippen molar-refractivity contribution < 1.29 is 19.8 Å². The van der Waals surface area contributed by atoms with Crippen LogP contribution in [-0.2, 0) is 9.59 Å². The maximum atomic E-state index is 12.2. The first-order valence-electron chi connectivity index (χ1n) is 7.32. The van der Waals surface area contributed by atoms with Crippen LogP contribution >= 0.6 is 0 Å². The van der Waals surface area contributed by atoms with Gasteiger partial charge in [-0.3, -0.25) is 9.59 Å². The van der Waals surface area contributed by atoms with Gasteiger partial charge in [-0.05, 0) is 23.2 Å². The predicted octanol–water partition coefficient (Wildman–Crippen LogP) is 4.04. The van der Waals surface area contributed by atoms with Crippen molar-refractivity contribution in [2.75, 3.05) is 0 Å². The molecule has 0 fully saturated rings. The van der Waals surface area contributed by atoms with E-state index in [4.69, 9.17) is 0 Å². The first kappa shape index (κ1) is 18.9. The topological polar surface area (TPSA) is 74.6 Å². The molecule has 0 radical (unpaired) electrons. The van der Waals surface area contributed by atoms with Crippen LogP contribution in [0.2, 0.25) is 0 Å². The molecule has 0 aliphatic carbocycles. The first-order chi connectivity index (χ1) is 8.86. The molecule has 4 nitrogen and oxygen atoms in total. The van der Waals surface area contributed by atoms with Crippen molar-refractivity contribution in [1.82, 2.24) is 0 Å². The Labute approximate surface area is 122 Å². The van der Waals surface area contributed by atoms with E-state index in [1.165, 1.54) is 0 Å². The number of carbonyl (C=O) groups is 2. The molecule has 1 atom stereocenters. The summed E-state index contributed by atoms with van der Waals surface area (Å²) in [7, 11) is 0. The molecule has 0 aromatic carbocycles. The van der Waals surface area contributed by atoms with E-state index in [2.05, 4.69) is 0 Å². The summed E-state index contributed by atoms with van der Waals surface area (Å²) in [5, 5.41) is 19.3. The van der Waals surface area contributed by atoms with Crippen LogP contribution in [0.15, 0.2) is 0 Å². The zero-order valence-electron chi connectivity index (χ0n) is 13.9. The molecule has 0 aliphatic heterocycles. The Morgan fingerprint density at radius 2 is 1.50 bits per heavy atom. The highest BCUT2D eigenvalue weighted by atomic mass is 16.4. The summed E-state index contributed by atoms with van der Waals surface area (Å²) in [6.45, 7) is 13.5. The maximum absolute atomic E-state index is 12.2. The largest absolute Gasteiger partial charge is 0.481 e. The van der Waals surface area contributed by atoms with Gasteiger partial charge in [-0.15, -0.1) is 0 Å². The van der Waals surface area contributed by atoms with E-state index >= 15 is 0 Å². The van der Waals surface area contributed by atoms with Crippen molar-refractivity contribution in [1.29, 1.82) is 0 Å². The standard InChI is InChI=1S/C16H30O4/c1-8-9-14(4,5)16(13(19)20,10-12(17)18)15(6,7)11(2)3/h11H,8-10H2,1-7H3,(H,17,18)(H,19,20). The first-order valence-corrected chi connectivity index (χ1v) is 7.32. The molecule has 2 N–H and O–H groups in total. The van der Waals surface area contributed by atoms with E-state index < -0.39 is 28.2 Å². The van der Waals surface area contributed by atoms with Gasteiger partial charge in [0.2, 0.25) is 0 Å². The van der Waals surface area contributed by atoms with Gasteiger partial charge < -0.3 is 10.2 Å². The molecule has 0 bridgehead atoms. The monoisotopic (exact) mass is 286 g/mol. The summed E-state index contributed by atoms with van der Waals surface area (Å²) in [4.78, 5) is 23.5. The molecule has 0 rings (SSSR count). The molecule has 1 unspecified atom stereocenters. The lowest BCUT2D eigenvalue weighted by atomic mass is 9.47. The molecule has 0 heterocycles. The number of hydrogen-bond donors (Lipinski definition) is 2. The Balaban J connectivity index is 6.25. The van der Waals surface area contributed by atoms with Gasteiger partial charge in [-0.2, -0.15) is 0 Å². The normalized spacial score (nSPS) is 16.0. The third-order valence-electron chi connectivity index (χ3n) is 5.36. The lowest BCUT2D eigenvalue weighted by Crippen LogP contribution is -2.57. The van der Waals surface area contributed by atoms with Crippen LogP contribution in [-0.4, -0.2) is 22.2 Å². The van der Waals surface area contributed by atoms with Crippen molar-refractivity contribution in [3.05, 3.63) is 0 Å². The Morgan fingerprint density at radius 3 is 1.75 bits per heavy atom. The van der Waals surface area contributed by atoms with E-state index in [9.17, 15) is 19.8 Å². The smallest absolute Gasteiger partial charge is 0.311 e. The fraction of sp³-hybridized carbons (Fsp3) is 0.875. The molecule has 0 saturated heterocycles. The number of rotatable bonds is 8. The molecule has 0 aromatic rings. The van der Waals surface area contributed by atoms with Crippen LogP contribution in [0.4, 0.5) is 0 Å². The zero-order valence-corrected chi connectivity index (χ0v) is 13.9. The van der Waals surface area contributed by atoms with Crippen LogP contribution < -0.4 is 0 Å². The lowest BCUT2D eigenvalue weighted by Gasteiger charge is -2.54. The van der Waals surface area contributed by atoms with Crippen LogP contribution in [0, 0.1) is 22.2 Å². The maximum Gasteiger partial charge on any atom is 0.311 e. The van der Waals surface area contributed by atoms with Gasteiger partial charge in [0, 0.05) is 0 Å². The van der Waals surface area contributed by atoms with Crippen LogP contribution in [0.1, 0.15) is 67.7 Å². The van der Waals surface area contributed by atoms with E-state index in [0.717, 1.165) is 6.42 Å². The van der Waals surface area contributed by atoms with Crippen molar-refractivity contribution in [3.63, 3.8) is 0 Å². The molecule has 0 aromatic heterocycles.